The Kier molecular flexibility index (Phi) is 8.72. The average molecular weight is 239 g/mol. The fraction of sp³-hybridized carbons (Fsp3) is 1.00. The molecule has 0 unspecified atom stereocenters. The van der Waals surface area contributed by atoms with E-state index in [4.69, 9.17) is 0 Å². The van der Waals surface area contributed by atoms with E-state index in [9.17, 15) is 8.42 Å². The van der Waals surface area contributed by atoms with Crippen LogP contribution < -0.4 is 5.32 Å². The summed E-state index contributed by atoms with van der Waals surface area (Å²) in [5.74, 6) is 2.01. The van der Waals surface area contributed by atoms with Crippen LogP contribution in [0.15, 0.2) is 0 Å². The second-order valence-corrected chi connectivity index (χ2v) is 6.83. The van der Waals surface area contributed by atoms with Crippen LogP contribution in [0.25, 0.3) is 0 Å². The van der Waals surface area contributed by atoms with Crippen LogP contribution in [0.5, 0.6) is 0 Å². The predicted molar refractivity (Wildman–Crippen MR) is 64.8 cm³/mol. The highest BCUT2D eigenvalue weighted by Gasteiger charge is 2.00. The maximum atomic E-state index is 10.8. The smallest absolute Gasteiger partial charge is 0.148 e. The molecule has 0 atom stereocenters. The maximum Gasteiger partial charge on any atom is 0.148 e. The van der Waals surface area contributed by atoms with E-state index in [0.29, 0.717) is 11.5 Å². The molecular weight excluding hydrogens is 218 g/mol. The van der Waals surface area contributed by atoms with Gasteiger partial charge in [0.25, 0.3) is 0 Å². The highest BCUT2D eigenvalue weighted by atomic mass is 32.2. The quantitative estimate of drug-likeness (QED) is 0.613. The minimum Gasteiger partial charge on any atom is -0.316 e. The summed E-state index contributed by atoms with van der Waals surface area (Å²) in [6.07, 6.45) is 3.72. The Labute approximate surface area is 92.0 Å². The second-order valence-electron chi connectivity index (χ2n) is 3.35. The van der Waals surface area contributed by atoms with E-state index in [2.05, 4.69) is 12.2 Å². The predicted octanol–water partition coefficient (Wildman–Crippen LogP) is 1.15. The van der Waals surface area contributed by atoms with E-state index < -0.39 is 9.84 Å². The average Bonchev–Trinajstić information content (AvgIpc) is 2.08. The first-order valence-corrected chi connectivity index (χ1v) is 8.24. The third kappa shape index (κ3) is 12.3. The summed E-state index contributed by atoms with van der Waals surface area (Å²) in [6.45, 7) is 4.22. The lowest BCUT2D eigenvalue weighted by atomic mass is 10.3. The van der Waals surface area contributed by atoms with Gasteiger partial charge < -0.3 is 5.32 Å². The van der Waals surface area contributed by atoms with Gasteiger partial charge in [0.15, 0.2) is 0 Å². The van der Waals surface area contributed by atoms with Crippen molar-refractivity contribution in [1.82, 2.24) is 5.32 Å². The van der Waals surface area contributed by atoms with Crippen molar-refractivity contribution in [2.24, 2.45) is 0 Å². The second kappa shape index (κ2) is 8.56. The van der Waals surface area contributed by atoms with Crippen molar-refractivity contribution in [1.29, 1.82) is 0 Å². The van der Waals surface area contributed by atoms with Crippen LogP contribution in [0.3, 0.4) is 0 Å². The summed E-state index contributed by atoms with van der Waals surface area (Å²) >= 11 is 1.70. The van der Waals surface area contributed by atoms with Gasteiger partial charge in [-0.1, -0.05) is 13.3 Å². The highest BCUT2D eigenvalue weighted by Crippen LogP contribution is 1.99. The van der Waals surface area contributed by atoms with E-state index in [1.54, 1.807) is 11.8 Å². The zero-order chi connectivity index (χ0) is 10.9. The Morgan fingerprint density at radius 2 is 1.93 bits per heavy atom. The lowest BCUT2D eigenvalue weighted by Crippen LogP contribution is -2.18. The summed E-state index contributed by atoms with van der Waals surface area (Å²) in [5, 5.41) is 3.31. The number of hydrogen-bond acceptors (Lipinski definition) is 4. The molecule has 0 fully saturated rings. The Morgan fingerprint density at radius 1 is 1.21 bits per heavy atom. The molecule has 0 saturated heterocycles. The number of unbranched alkanes of at least 4 members (excludes halogenated alkanes) is 1. The molecule has 86 valence electrons. The summed E-state index contributed by atoms with van der Waals surface area (Å²) < 4.78 is 21.6. The third-order valence-corrected chi connectivity index (χ3v) is 3.92. The largest absolute Gasteiger partial charge is 0.316 e. The molecule has 0 bridgehead atoms. The molecule has 0 aromatic rings. The molecule has 0 rings (SSSR count). The van der Waals surface area contributed by atoms with Crippen molar-refractivity contribution < 1.29 is 8.42 Å². The standard InChI is InChI=1S/C9H21NO2S2/c1-3-4-5-10-6-7-13-8-9-14(2,11)12/h10H,3-9H2,1-2H3. The van der Waals surface area contributed by atoms with Crippen LogP contribution in [-0.4, -0.2) is 45.0 Å². The lowest BCUT2D eigenvalue weighted by Gasteiger charge is -2.03. The molecule has 0 aromatic carbocycles. The molecule has 0 radical (unpaired) electrons. The van der Waals surface area contributed by atoms with Crippen LogP contribution in [0.1, 0.15) is 19.8 Å². The van der Waals surface area contributed by atoms with Crippen LogP contribution in [0.2, 0.25) is 0 Å². The molecular formula is C9H21NO2S2. The fourth-order valence-corrected chi connectivity index (χ4v) is 3.06. The SMILES string of the molecule is CCCCNCCSCCS(C)(=O)=O. The van der Waals surface area contributed by atoms with Gasteiger partial charge in [0, 0.05) is 24.3 Å². The number of thioether (sulfide) groups is 1. The van der Waals surface area contributed by atoms with Gasteiger partial charge in [-0.2, -0.15) is 11.8 Å². The van der Waals surface area contributed by atoms with E-state index in [-0.39, 0.29) is 0 Å². The minimum atomic E-state index is -2.77. The number of hydrogen-bond donors (Lipinski definition) is 1. The van der Waals surface area contributed by atoms with Gasteiger partial charge in [0.2, 0.25) is 0 Å². The Balaban J connectivity index is 3.07. The van der Waals surface area contributed by atoms with Crippen LogP contribution in [0.4, 0.5) is 0 Å². The minimum absolute atomic E-state index is 0.298. The molecule has 3 nitrogen and oxygen atoms in total. The number of nitrogens with one attached hydrogen (secondary N) is 1. The van der Waals surface area contributed by atoms with Gasteiger partial charge in [-0.05, 0) is 13.0 Å². The topological polar surface area (TPSA) is 46.2 Å². The van der Waals surface area contributed by atoms with E-state index in [1.807, 2.05) is 0 Å². The Morgan fingerprint density at radius 3 is 2.50 bits per heavy atom. The van der Waals surface area contributed by atoms with Crippen LogP contribution in [-0.2, 0) is 9.84 Å². The van der Waals surface area contributed by atoms with Crippen molar-refractivity contribution >= 4 is 21.6 Å². The molecule has 0 spiro atoms. The highest BCUT2D eigenvalue weighted by molar-refractivity contribution is 8.00. The fourth-order valence-electron chi connectivity index (χ4n) is 0.883. The van der Waals surface area contributed by atoms with Crippen molar-refractivity contribution in [2.45, 2.75) is 19.8 Å². The van der Waals surface area contributed by atoms with Gasteiger partial charge in [-0.3, -0.25) is 0 Å². The van der Waals surface area contributed by atoms with Gasteiger partial charge >= 0.3 is 0 Å². The van der Waals surface area contributed by atoms with Crippen LogP contribution >= 0.6 is 11.8 Å². The van der Waals surface area contributed by atoms with Gasteiger partial charge in [0.05, 0.1) is 5.75 Å². The molecule has 1 N–H and O–H groups in total. The van der Waals surface area contributed by atoms with Gasteiger partial charge in [-0.25, -0.2) is 8.42 Å². The summed E-state index contributed by atoms with van der Waals surface area (Å²) in [7, 11) is -2.77. The van der Waals surface area contributed by atoms with Crippen molar-refractivity contribution in [2.75, 3.05) is 36.6 Å². The molecule has 0 heterocycles. The molecule has 5 heteroatoms. The monoisotopic (exact) mass is 239 g/mol. The first-order chi connectivity index (χ1) is 6.56. The lowest BCUT2D eigenvalue weighted by molar-refractivity contribution is 0.603. The van der Waals surface area contributed by atoms with E-state index >= 15 is 0 Å². The normalized spacial score (nSPS) is 11.9. The van der Waals surface area contributed by atoms with E-state index in [0.717, 1.165) is 18.8 Å². The Bertz CT molecular complexity index is 215. The summed E-state index contributed by atoms with van der Waals surface area (Å²) in [4.78, 5) is 0. The zero-order valence-electron chi connectivity index (χ0n) is 9.08. The van der Waals surface area contributed by atoms with Crippen molar-refractivity contribution in [3.05, 3.63) is 0 Å². The summed E-state index contributed by atoms with van der Waals surface area (Å²) in [6, 6.07) is 0. The number of sulfone groups is 1. The molecule has 14 heavy (non-hydrogen) atoms. The van der Waals surface area contributed by atoms with Gasteiger partial charge in [-0.15, -0.1) is 0 Å². The molecule has 0 aliphatic rings. The first-order valence-electron chi connectivity index (χ1n) is 5.02. The maximum absolute atomic E-state index is 10.8. The molecule has 0 aliphatic carbocycles. The van der Waals surface area contributed by atoms with Crippen molar-refractivity contribution in [3.63, 3.8) is 0 Å². The van der Waals surface area contributed by atoms with Crippen molar-refractivity contribution in [3.8, 4) is 0 Å². The molecule has 0 aliphatic heterocycles. The van der Waals surface area contributed by atoms with Gasteiger partial charge in [0.1, 0.15) is 9.84 Å². The first kappa shape index (κ1) is 14.3. The third-order valence-electron chi connectivity index (χ3n) is 1.73. The molecule has 0 aromatic heterocycles. The number of rotatable bonds is 9. The Hall–Kier alpha value is 0.260. The zero-order valence-corrected chi connectivity index (χ0v) is 10.7. The van der Waals surface area contributed by atoms with Crippen LogP contribution in [0, 0.1) is 0 Å². The molecule has 0 saturated carbocycles. The van der Waals surface area contributed by atoms with E-state index in [1.165, 1.54) is 19.1 Å². The molecule has 0 amide bonds. The summed E-state index contributed by atoms with van der Waals surface area (Å²) in [5.41, 5.74) is 0.